The van der Waals surface area contributed by atoms with Crippen LogP contribution in [-0.4, -0.2) is 6.36 Å². The van der Waals surface area contributed by atoms with Crippen LogP contribution in [-0.2, 0) is 6.54 Å². The van der Waals surface area contributed by atoms with E-state index in [0.717, 1.165) is 4.88 Å². The van der Waals surface area contributed by atoms with Crippen molar-refractivity contribution in [3.8, 4) is 5.75 Å². The number of ether oxygens (including phenoxy) is 1. The predicted octanol–water partition coefficient (Wildman–Crippen LogP) is 4.50. The van der Waals surface area contributed by atoms with Crippen LogP contribution in [0.15, 0.2) is 41.8 Å². The highest BCUT2D eigenvalue weighted by atomic mass is 32.1. The molecular weight excluding hydrogens is 287 g/mol. The Morgan fingerprint density at radius 3 is 2.60 bits per heavy atom. The van der Waals surface area contributed by atoms with E-state index in [1.807, 2.05) is 24.4 Å². The van der Waals surface area contributed by atoms with Gasteiger partial charge in [-0.3, -0.25) is 0 Å². The number of benzene rings is 1. The number of alkyl halides is 3. The van der Waals surface area contributed by atoms with E-state index in [1.54, 1.807) is 23.5 Å². The second-order valence-corrected chi connectivity index (χ2v) is 5.25. The maximum absolute atomic E-state index is 12.3. The number of para-hydroxylation sites is 1. The minimum absolute atomic E-state index is 0.0777. The molecule has 20 heavy (non-hydrogen) atoms. The van der Waals surface area contributed by atoms with Gasteiger partial charge in [-0.15, -0.1) is 24.5 Å². The molecule has 0 bridgehead atoms. The van der Waals surface area contributed by atoms with Crippen LogP contribution < -0.4 is 10.1 Å². The zero-order valence-electron chi connectivity index (χ0n) is 10.8. The van der Waals surface area contributed by atoms with Crippen molar-refractivity contribution in [3.05, 3.63) is 52.2 Å². The van der Waals surface area contributed by atoms with Crippen LogP contribution in [0, 0.1) is 0 Å². The van der Waals surface area contributed by atoms with Crippen molar-refractivity contribution in [2.45, 2.75) is 25.9 Å². The summed E-state index contributed by atoms with van der Waals surface area (Å²) in [5.74, 6) is -0.161. The van der Waals surface area contributed by atoms with E-state index in [-0.39, 0.29) is 11.8 Å². The Hall–Kier alpha value is -1.53. The maximum Gasteiger partial charge on any atom is 0.573 e. The van der Waals surface area contributed by atoms with Crippen molar-refractivity contribution >= 4 is 11.3 Å². The van der Waals surface area contributed by atoms with Gasteiger partial charge in [-0.1, -0.05) is 24.3 Å². The number of thiophene rings is 1. The number of rotatable bonds is 5. The Balaban J connectivity index is 2.02. The molecule has 0 aliphatic heterocycles. The number of nitrogens with one attached hydrogen (secondary N) is 1. The standard InChI is InChI=1S/C14H14F3NOS/c1-10(13-7-4-8-20-13)18-9-11-5-2-3-6-12(11)19-14(15,16)17/h2-8,10,18H,9H2,1H3/t10-/m1/s1. The van der Waals surface area contributed by atoms with Gasteiger partial charge in [-0.25, -0.2) is 0 Å². The molecule has 0 unspecified atom stereocenters. The molecule has 1 aromatic heterocycles. The molecule has 2 aromatic rings. The van der Waals surface area contributed by atoms with Gasteiger partial charge in [0.15, 0.2) is 0 Å². The maximum atomic E-state index is 12.3. The van der Waals surface area contributed by atoms with E-state index in [1.165, 1.54) is 12.1 Å². The fourth-order valence-electron chi connectivity index (χ4n) is 1.78. The lowest BCUT2D eigenvalue weighted by atomic mass is 10.2. The largest absolute Gasteiger partial charge is 0.573 e. The molecule has 6 heteroatoms. The van der Waals surface area contributed by atoms with Gasteiger partial charge < -0.3 is 10.1 Å². The molecule has 0 radical (unpaired) electrons. The van der Waals surface area contributed by atoms with Gasteiger partial charge in [0.2, 0.25) is 0 Å². The van der Waals surface area contributed by atoms with E-state index in [4.69, 9.17) is 0 Å². The Bertz CT molecular complexity index is 540. The third-order valence-corrected chi connectivity index (χ3v) is 3.82. The molecule has 0 spiro atoms. The lowest BCUT2D eigenvalue weighted by Crippen LogP contribution is -2.21. The van der Waals surface area contributed by atoms with Gasteiger partial charge in [0.25, 0.3) is 0 Å². The number of halogens is 3. The summed E-state index contributed by atoms with van der Waals surface area (Å²) in [4.78, 5) is 1.14. The number of hydrogen-bond acceptors (Lipinski definition) is 3. The summed E-state index contributed by atoms with van der Waals surface area (Å²) in [5.41, 5.74) is 0.480. The molecule has 1 aromatic carbocycles. The van der Waals surface area contributed by atoms with Crippen molar-refractivity contribution in [2.75, 3.05) is 0 Å². The van der Waals surface area contributed by atoms with E-state index in [0.29, 0.717) is 12.1 Å². The Labute approximate surface area is 119 Å². The summed E-state index contributed by atoms with van der Waals surface area (Å²) in [7, 11) is 0. The smallest absolute Gasteiger partial charge is 0.405 e. The minimum atomic E-state index is -4.67. The second kappa shape index (κ2) is 6.28. The zero-order valence-corrected chi connectivity index (χ0v) is 11.6. The first-order valence-electron chi connectivity index (χ1n) is 6.06. The normalized spacial score (nSPS) is 13.2. The Morgan fingerprint density at radius 1 is 1.20 bits per heavy atom. The lowest BCUT2D eigenvalue weighted by Gasteiger charge is -2.16. The van der Waals surface area contributed by atoms with Crippen LogP contribution in [0.3, 0.4) is 0 Å². The SMILES string of the molecule is C[C@@H](NCc1ccccc1OC(F)(F)F)c1cccs1. The molecular formula is C14H14F3NOS. The lowest BCUT2D eigenvalue weighted by molar-refractivity contribution is -0.274. The van der Waals surface area contributed by atoms with Crippen molar-refractivity contribution < 1.29 is 17.9 Å². The molecule has 0 saturated heterocycles. The first-order chi connectivity index (χ1) is 9.46. The van der Waals surface area contributed by atoms with E-state index < -0.39 is 6.36 Å². The third-order valence-electron chi connectivity index (χ3n) is 2.77. The molecule has 1 heterocycles. The van der Waals surface area contributed by atoms with Crippen LogP contribution >= 0.6 is 11.3 Å². The minimum Gasteiger partial charge on any atom is -0.405 e. The fraction of sp³-hybridized carbons (Fsp3) is 0.286. The molecule has 0 aliphatic rings. The summed E-state index contributed by atoms with van der Waals surface area (Å²) in [6.07, 6.45) is -4.67. The van der Waals surface area contributed by atoms with Crippen LogP contribution in [0.25, 0.3) is 0 Å². The molecule has 0 amide bonds. The first kappa shape index (κ1) is 14.9. The van der Waals surface area contributed by atoms with E-state index in [9.17, 15) is 13.2 Å². The predicted molar refractivity (Wildman–Crippen MR) is 72.7 cm³/mol. The Kier molecular flexibility index (Phi) is 4.67. The van der Waals surface area contributed by atoms with Crippen LogP contribution in [0.4, 0.5) is 13.2 Å². The molecule has 1 atom stereocenters. The highest BCUT2D eigenvalue weighted by Gasteiger charge is 2.31. The molecule has 0 saturated carbocycles. The first-order valence-corrected chi connectivity index (χ1v) is 6.94. The van der Waals surface area contributed by atoms with Gasteiger partial charge in [-0.2, -0.15) is 0 Å². The summed E-state index contributed by atoms with van der Waals surface area (Å²) < 4.78 is 40.9. The summed E-state index contributed by atoms with van der Waals surface area (Å²) in [6.45, 7) is 2.28. The summed E-state index contributed by atoms with van der Waals surface area (Å²) >= 11 is 1.61. The Morgan fingerprint density at radius 2 is 1.95 bits per heavy atom. The van der Waals surface area contributed by atoms with Crippen molar-refractivity contribution in [1.82, 2.24) is 5.32 Å². The van der Waals surface area contributed by atoms with Gasteiger partial charge in [-0.05, 0) is 24.4 Å². The summed E-state index contributed by atoms with van der Waals surface area (Å²) in [5, 5.41) is 5.16. The van der Waals surface area contributed by atoms with Gasteiger partial charge in [0, 0.05) is 23.0 Å². The molecule has 2 rings (SSSR count). The topological polar surface area (TPSA) is 21.3 Å². The molecule has 1 N–H and O–H groups in total. The zero-order chi connectivity index (χ0) is 14.6. The second-order valence-electron chi connectivity index (χ2n) is 4.27. The summed E-state index contributed by atoms with van der Waals surface area (Å²) in [6, 6.07) is 10.2. The monoisotopic (exact) mass is 301 g/mol. The molecule has 0 aliphatic carbocycles. The molecule has 0 fully saturated rings. The van der Waals surface area contributed by atoms with Crippen LogP contribution in [0.1, 0.15) is 23.4 Å². The van der Waals surface area contributed by atoms with E-state index >= 15 is 0 Å². The van der Waals surface area contributed by atoms with Crippen molar-refractivity contribution in [3.63, 3.8) is 0 Å². The number of hydrogen-bond donors (Lipinski definition) is 1. The van der Waals surface area contributed by atoms with E-state index in [2.05, 4.69) is 10.1 Å². The van der Waals surface area contributed by atoms with Crippen LogP contribution in [0.5, 0.6) is 5.75 Å². The third kappa shape index (κ3) is 4.25. The quantitative estimate of drug-likeness (QED) is 0.878. The average molecular weight is 301 g/mol. The van der Waals surface area contributed by atoms with Crippen molar-refractivity contribution in [1.29, 1.82) is 0 Å². The molecule has 108 valence electrons. The van der Waals surface area contributed by atoms with Gasteiger partial charge in [0.05, 0.1) is 0 Å². The average Bonchev–Trinajstić information content (AvgIpc) is 2.89. The van der Waals surface area contributed by atoms with Crippen molar-refractivity contribution in [2.24, 2.45) is 0 Å². The van der Waals surface area contributed by atoms with Gasteiger partial charge in [0.1, 0.15) is 5.75 Å². The highest BCUT2D eigenvalue weighted by molar-refractivity contribution is 7.10. The van der Waals surface area contributed by atoms with Crippen LogP contribution in [0.2, 0.25) is 0 Å². The fourth-order valence-corrected chi connectivity index (χ4v) is 2.53. The highest BCUT2D eigenvalue weighted by Crippen LogP contribution is 2.27. The van der Waals surface area contributed by atoms with Gasteiger partial charge >= 0.3 is 6.36 Å². The molecule has 2 nitrogen and oxygen atoms in total.